The maximum Gasteiger partial charge on any atom is 0.273 e. The van der Waals surface area contributed by atoms with E-state index >= 15 is 0 Å². The number of hydrogen-bond acceptors (Lipinski definition) is 5. The molecule has 0 atom stereocenters. The van der Waals surface area contributed by atoms with Crippen LogP contribution in [0, 0.1) is 15.9 Å². The first-order valence-electron chi connectivity index (χ1n) is 9.03. The number of nitrogens with one attached hydrogen (secondary N) is 1. The SMILES string of the molecule is O=C(Cc1ccccc1[N+](=O)[O-])N/N=C/c1ccc(OCc2ccc(F)cc2)cc1. The number of para-hydroxylation sites is 1. The van der Waals surface area contributed by atoms with E-state index in [0.717, 1.165) is 11.1 Å². The summed E-state index contributed by atoms with van der Waals surface area (Å²) in [5.41, 5.74) is 4.15. The van der Waals surface area contributed by atoms with Crippen molar-refractivity contribution in [2.24, 2.45) is 5.10 Å². The minimum Gasteiger partial charge on any atom is -0.489 e. The largest absolute Gasteiger partial charge is 0.489 e. The standard InChI is InChI=1S/C22H18FN3O4/c23-19-9-5-17(6-10-19)15-30-20-11-7-16(8-12-20)14-24-25-22(27)13-18-3-1-2-4-21(18)26(28)29/h1-12,14H,13,15H2,(H,25,27)/b24-14+. The van der Waals surface area contributed by atoms with Crippen LogP contribution >= 0.6 is 0 Å². The summed E-state index contributed by atoms with van der Waals surface area (Å²) < 4.78 is 18.5. The fourth-order valence-electron chi connectivity index (χ4n) is 2.63. The molecule has 0 aromatic heterocycles. The van der Waals surface area contributed by atoms with Crippen LogP contribution in [-0.2, 0) is 17.8 Å². The van der Waals surface area contributed by atoms with E-state index < -0.39 is 10.8 Å². The summed E-state index contributed by atoms with van der Waals surface area (Å²) in [4.78, 5) is 22.4. The third-order valence-electron chi connectivity index (χ3n) is 4.14. The van der Waals surface area contributed by atoms with Crippen molar-refractivity contribution in [2.45, 2.75) is 13.0 Å². The minimum atomic E-state index is -0.522. The van der Waals surface area contributed by atoms with Gasteiger partial charge in [-0.25, -0.2) is 9.82 Å². The van der Waals surface area contributed by atoms with Gasteiger partial charge in [0.15, 0.2) is 0 Å². The molecule has 3 aromatic rings. The smallest absolute Gasteiger partial charge is 0.273 e. The molecule has 0 heterocycles. The fraction of sp³-hybridized carbons (Fsp3) is 0.0909. The van der Waals surface area contributed by atoms with Crippen LogP contribution < -0.4 is 10.2 Å². The molecule has 0 bridgehead atoms. The number of halogens is 1. The van der Waals surface area contributed by atoms with Crippen molar-refractivity contribution in [3.05, 3.63) is 105 Å². The van der Waals surface area contributed by atoms with Gasteiger partial charge in [0.1, 0.15) is 18.2 Å². The zero-order chi connectivity index (χ0) is 21.3. The van der Waals surface area contributed by atoms with Crippen molar-refractivity contribution in [3.8, 4) is 5.75 Å². The van der Waals surface area contributed by atoms with Crippen LogP contribution in [0.25, 0.3) is 0 Å². The first-order chi connectivity index (χ1) is 14.5. The van der Waals surface area contributed by atoms with Gasteiger partial charge >= 0.3 is 0 Å². The molecule has 0 saturated heterocycles. The molecule has 0 unspecified atom stereocenters. The predicted molar refractivity (Wildman–Crippen MR) is 110 cm³/mol. The van der Waals surface area contributed by atoms with E-state index in [-0.39, 0.29) is 17.9 Å². The summed E-state index contributed by atoms with van der Waals surface area (Å²) in [7, 11) is 0. The average molecular weight is 407 g/mol. The molecule has 152 valence electrons. The van der Waals surface area contributed by atoms with E-state index in [1.165, 1.54) is 30.5 Å². The van der Waals surface area contributed by atoms with Gasteiger partial charge in [-0.1, -0.05) is 30.3 Å². The second-order valence-corrected chi connectivity index (χ2v) is 6.34. The van der Waals surface area contributed by atoms with Crippen molar-refractivity contribution in [1.29, 1.82) is 0 Å². The van der Waals surface area contributed by atoms with E-state index in [2.05, 4.69) is 10.5 Å². The van der Waals surface area contributed by atoms with Crippen molar-refractivity contribution >= 4 is 17.8 Å². The molecule has 0 spiro atoms. The Bertz CT molecular complexity index is 1050. The van der Waals surface area contributed by atoms with Crippen molar-refractivity contribution < 1.29 is 18.8 Å². The third-order valence-corrected chi connectivity index (χ3v) is 4.14. The van der Waals surface area contributed by atoms with Gasteiger partial charge in [0.05, 0.1) is 17.6 Å². The quantitative estimate of drug-likeness (QED) is 0.347. The van der Waals surface area contributed by atoms with Gasteiger partial charge in [0.25, 0.3) is 5.69 Å². The number of rotatable bonds is 8. The molecule has 1 amide bonds. The summed E-state index contributed by atoms with van der Waals surface area (Å²) in [6.45, 7) is 0.315. The van der Waals surface area contributed by atoms with Gasteiger partial charge in [0.2, 0.25) is 5.91 Å². The predicted octanol–water partition coefficient (Wildman–Crippen LogP) is 4.01. The molecule has 0 fully saturated rings. The zero-order valence-corrected chi connectivity index (χ0v) is 15.8. The van der Waals surface area contributed by atoms with Crippen molar-refractivity contribution in [3.63, 3.8) is 0 Å². The van der Waals surface area contributed by atoms with Crippen molar-refractivity contribution in [2.75, 3.05) is 0 Å². The lowest BCUT2D eigenvalue weighted by Crippen LogP contribution is -2.20. The van der Waals surface area contributed by atoms with Gasteiger partial charge in [-0.05, 0) is 47.5 Å². The first kappa shape index (κ1) is 20.7. The Morgan fingerprint density at radius 1 is 1.07 bits per heavy atom. The number of amides is 1. The molecule has 3 rings (SSSR count). The fourth-order valence-corrected chi connectivity index (χ4v) is 2.63. The van der Waals surface area contributed by atoms with Gasteiger partial charge in [-0.2, -0.15) is 5.10 Å². The second-order valence-electron chi connectivity index (χ2n) is 6.34. The maximum atomic E-state index is 12.9. The summed E-state index contributed by atoms with van der Waals surface area (Å²) >= 11 is 0. The first-order valence-corrected chi connectivity index (χ1v) is 9.03. The molecule has 0 aliphatic carbocycles. The topological polar surface area (TPSA) is 93.8 Å². The van der Waals surface area contributed by atoms with Crippen LogP contribution in [0.4, 0.5) is 10.1 Å². The van der Waals surface area contributed by atoms with Gasteiger partial charge in [-0.15, -0.1) is 0 Å². The Hall–Kier alpha value is -4.07. The second kappa shape index (κ2) is 9.92. The van der Waals surface area contributed by atoms with E-state index in [4.69, 9.17) is 4.74 Å². The average Bonchev–Trinajstić information content (AvgIpc) is 2.74. The Morgan fingerprint density at radius 3 is 2.47 bits per heavy atom. The monoisotopic (exact) mass is 407 g/mol. The highest BCUT2D eigenvalue weighted by Gasteiger charge is 2.14. The number of nitro benzene ring substituents is 1. The summed E-state index contributed by atoms with van der Waals surface area (Å²) in [6, 6.07) is 19.2. The number of carbonyl (C=O) groups is 1. The number of hydrazone groups is 1. The number of nitro groups is 1. The highest BCUT2D eigenvalue weighted by atomic mass is 19.1. The number of carbonyl (C=O) groups excluding carboxylic acids is 1. The number of hydrogen-bond donors (Lipinski definition) is 1. The Labute approximate surface area is 172 Å². The Morgan fingerprint density at radius 2 is 1.77 bits per heavy atom. The summed E-state index contributed by atoms with van der Waals surface area (Å²) in [5.74, 6) is -0.117. The molecule has 1 N–H and O–H groups in total. The molecule has 0 aliphatic heterocycles. The van der Waals surface area contributed by atoms with E-state index in [1.807, 2.05) is 0 Å². The number of nitrogens with zero attached hydrogens (tertiary/aromatic N) is 2. The molecule has 3 aromatic carbocycles. The highest BCUT2D eigenvalue weighted by Crippen LogP contribution is 2.18. The number of ether oxygens (including phenoxy) is 1. The van der Waals surface area contributed by atoms with Crippen LogP contribution in [0.3, 0.4) is 0 Å². The lowest BCUT2D eigenvalue weighted by atomic mass is 10.1. The van der Waals surface area contributed by atoms with Crippen LogP contribution in [0.2, 0.25) is 0 Å². The van der Waals surface area contributed by atoms with E-state index in [1.54, 1.807) is 48.5 Å². The lowest BCUT2D eigenvalue weighted by Gasteiger charge is -2.06. The highest BCUT2D eigenvalue weighted by molar-refractivity contribution is 5.83. The van der Waals surface area contributed by atoms with Crippen LogP contribution in [-0.4, -0.2) is 17.0 Å². The van der Waals surface area contributed by atoms with Gasteiger partial charge in [-0.3, -0.25) is 14.9 Å². The minimum absolute atomic E-state index is 0.104. The normalized spacial score (nSPS) is 10.7. The molecule has 30 heavy (non-hydrogen) atoms. The Kier molecular flexibility index (Phi) is 6.83. The summed E-state index contributed by atoms with van der Waals surface area (Å²) in [6.07, 6.45) is 1.31. The van der Waals surface area contributed by atoms with E-state index in [9.17, 15) is 19.3 Å². The number of benzene rings is 3. The Balaban J connectivity index is 1.49. The molecule has 7 nitrogen and oxygen atoms in total. The molecular formula is C22H18FN3O4. The van der Waals surface area contributed by atoms with E-state index in [0.29, 0.717) is 17.9 Å². The van der Waals surface area contributed by atoms with Crippen molar-refractivity contribution in [1.82, 2.24) is 5.43 Å². The third kappa shape index (κ3) is 5.96. The molecule has 0 saturated carbocycles. The molecule has 0 aliphatic rings. The molecule has 8 heteroatoms. The molecule has 0 radical (unpaired) electrons. The lowest BCUT2D eigenvalue weighted by molar-refractivity contribution is -0.385. The van der Waals surface area contributed by atoms with Crippen LogP contribution in [0.5, 0.6) is 5.75 Å². The van der Waals surface area contributed by atoms with Crippen LogP contribution in [0.15, 0.2) is 77.9 Å². The molecular weight excluding hydrogens is 389 g/mol. The maximum absolute atomic E-state index is 12.9. The van der Waals surface area contributed by atoms with Gasteiger partial charge in [0, 0.05) is 11.6 Å². The zero-order valence-electron chi connectivity index (χ0n) is 15.8. The summed E-state index contributed by atoms with van der Waals surface area (Å²) in [5, 5.41) is 14.9. The van der Waals surface area contributed by atoms with Gasteiger partial charge < -0.3 is 4.74 Å². The van der Waals surface area contributed by atoms with Crippen LogP contribution in [0.1, 0.15) is 16.7 Å².